The smallest absolute Gasteiger partial charge is 0.407 e. The Kier molecular flexibility index (Phi) is 5.39. The Morgan fingerprint density at radius 1 is 1.35 bits per heavy atom. The van der Waals surface area contributed by atoms with Gasteiger partial charge in [-0.3, -0.25) is 0 Å². The lowest BCUT2D eigenvalue weighted by Gasteiger charge is -2.34. The van der Waals surface area contributed by atoms with Gasteiger partial charge in [-0.05, 0) is 33.6 Å². The van der Waals surface area contributed by atoms with Crippen LogP contribution < -0.4 is 5.32 Å². The van der Waals surface area contributed by atoms with Gasteiger partial charge >= 0.3 is 6.09 Å². The summed E-state index contributed by atoms with van der Waals surface area (Å²) < 4.78 is 31.9. The molecule has 1 atom stereocenters. The molecule has 7 nitrogen and oxygen atoms in total. The summed E-state index contributed by atoms with van der Waals surface area (Å²) in [5, 5.41) is 2.73. The van der Waals surface area contributed by atoms with Gasteiger partial charge in [0.05, 0.1) is 0 Å². The molecule has 1 unspecified atom stereocenters. The summed E-state index contributed by atoms with van der Waals surface area (Å²) in [4.78, 5) is 11.7. The van der Waals surface area contributed by atoms with Gasteiger partial charge in [-0.25, -0.2) is 4.79 Å². The van der Waals surface area contributed by atoms with Crippen molar-refractivity contribution in [2.24, 2.45) is 0 Å². The zero-order chi connectivity index (χ0) is 15.6. The summed E-state index contributed by atoms with van der Waals surface area (Å²) >= 11 is 0. The second kappa shape index (κ2) is 6.28. The number of ether oxygens (including phenoxy) is 1. The molecule has 1 rings (SSSR count). The van der Waals surface area contributed by atoms with Crippen LogP contribution >= 0.6 is 0 Å². The lowest BCUT2D eigenvalue weighted by atomic mass is 10.1. The molecular formula is C12H25N3O4S. The molecule has 1 heterocycles. The molecule has 0 aromatic heterocycles. The fourth-order valence-corrected chi connectivity index (χ4v) is 3.16. The molecule has 0 bridgehead atoms. The van der Waals surface area contributed by atoms with Crippen LogP contribution in [0.15, 0.2) is 0 Å². The predicted octanol–water partition coefficient (Wildman–Crippen LogP) is 0.782. The van der Waals surface area contributed by atoms with E-state index >= 15 is 0 Å². The topological polar surface area (TPSA) is 79.0 Å². The van der Waals surface area contributed by atoms with Crippen molar-refractivity contribution in [3.8, 4) is 0 Å². The monoisotopic (exact) mass is 307 g/mol. The number of carbonyl (C=O) groups excluding carboxylic acids is 1. The van der Waals surface area contributed by atoms with Gasteiger partial charge < -0.3 is 10.1 Å². The summed E-state index contributed by atoms with van der Waals surface area (Å²) in [6.45, 7) is 6.12. The second-order valence-corrected chi connectivity index (χ2v) is 8.28. The Morgan fingerprint density at radius 2 is 1.95 bits per heavy atom. The second-order valence-electron chi connectivity index (χ2n) is 6.13. The number of rotatable bonds is 3. The van der Waals surface area contributed by atoms with Gasteiger partial charge in [-0.2, -0.15) is 17.0 Å². The third-order valence-electron chi connectivity index (χ3n) is 2.89. The van der Waals surface area contributed by atoms with Gasteiger partial charge in [0, 0.05) is 33.2 Å². The zero-order valence-corrected chi connectivity index (χ0v) is 13.7. The maximum Gasteiger partial charge on any atom is 0.407 e. The Labute approximate surface area is 121 Å². The Morgan fingerprint density at radius 3 is 2.45 bits per heavy atom. The van der Waals surface area contributed by atoms with Crippen LogP contribution in [0.5, 0.6) is 0 Å². The number of hydrogen-bond acceptors (Lipinski definition) is 4. The van der Waals surface area contributed by atoms with Crippen LogP contribution in [0.2, 0.25) is 0 Å². The third-order valence-corrected chi connectivity index (χ3v) is 4.80. The average Bonchev–Trinajstić information content (AvgIpc) is 2.26. The van der Waals surface area contributed by atoms with Gasteiger partial charge in [0.15, 0.2) is 0 Å². The van der Waals surface area contributed by atoms with Crippen molar-refractivity contribution in [3.05, 3.63) is 0 Å². The van der Waals surface area contributed by atoms with Gasteiger partial charge in [0.25, 0.3) is 10.2 Å². The Balaban J connectivity index is 2.60. The van der Waals surface area contributed by atoms with E-state index < -0.39 is 21.9 Å². The molecule has 1 saturated heterocycles. The summed E-state index contributed by atoms with van der Waals surface area (Å²) in [5.74, 6) is 0. The predicted molar refractivity (Wildman–Crippen MR) is 76.6 cm³/mol. The lowest BCUT2D eigenvalue weighted by Crippen LogP contribution is -2.52. The molecule has 0 aromatic rings. The van der Waals surface area contributed by atoms with E-state index in [4.69, 9.17) is 4.74 Å². The Bertz CT molecular complexity index is 442. The minimum atomic E-state index is -3.43. The van der Waals surface area contributed by atoms with E-state index in [0.717, 1.165) is 6.42 Å². The molecule has 1 amide bonds. The molecule has 0 saturated carbocycles. The molecule has 1 aliphatic heterocycles. The fourth-order valence-electron chi connectivity index (χ4n) is 1.97. The first-order valence-corrected chi connectivity index (χ1v) is 8.09. The van der Waals surface area contributed by atoms with Gasteiger partial charge in [0.2, 0.25) is 0 Å². The SMILES string of the molecule is CN(C)S(=O)(=O)N1CCCC(NC(=O)OC(C)(C)C)C1. The van der Waals surface area contributed by atoms with E-state index in [1.54, 1.807) is 20.8 Å². The van der Waals surface area contributed by atoms with Crippen LogP contribution in [-0.4, -0.2) is 61.9 Å². The minimum absolute atomic E-state index is 0.215. The van der Waals surface area contributed by atoms with Gasteiger partial charge in [-0.1, -0.05) is 0 Å². The van der Waals surface area contributed by atoms with E-state index in [9.17, 15) is 13.2 Å². The van der Waals surface area contributed by atoms with E-state index in [0.29, 0.717) is 13.0 Å². The molecule has 0 aliphatic carbocycles. The van der Waals surface area contributed by atoms with Crippen molar-refractivity contribution in [1.29, 1.82) is 0 Å². The van der Waals surface area contributed by atoms with Crippen LogP contribution in [0.3, 0.4) is 0 Å². The largest absolute Gasteiger partial charge is 0.444 e. The lowest BCUT2D eigenvalue weighted by molar-refractivity contribution is 0.0486. The van der Waals surface area contributed by atoms with Crippen molar-refractivity contribution in [3.63, 3.8) is 0 Å². The first kappa shape index (κ1) is 17.2. The van der Waals surface area contributed by atoms with Gasteiger partial charge in [-0.15, -0.1) is 0 Å². The van der Waals surface area contributed by atoms with Crippen LogP contribution in [0.1, 0.15) is 33.6 Å². The maximum atomic E-state index is 12.1. The number of amides is 1. The molecule has 118 valence electrons. The standard InChI is InChI=1S/C12H25N3O4S/c1-12(2,3)19-11(16)13-10-7-6-8-15(9-10)20(17,18)14(4)5/h10H,6-9H2,1-5H3,(H,13,16). The first-order valence-electron chi connectivity index (χ1n) is 6.69. The number of hydrogen-bond donors (Lipinski definition) is 1. The number of nitrogens with zero attached hydrogens (tertiary/aromatic N) is 2. The van der Waals surface area contributed by atoms with Crippen molar-refractivity contribution in [1.82, 2.24) is 13.9 Å². The van der Waals surface area contributed by atoms with E-state index in [1.165, 1.54) is 22.7 Å². The molecule has 1 fully saturated rings. The van der Waals surface area contributed by atoms with Crippen molar-refractivity contribution < 1.29 is 17.9 Å². The average molecular weight is 307 g/mol. The molecule has 1 aliphatic rings. The summed E-state index contributed by atoms with van der Waals surface area (Å²) in [5.41, 5.74) is -0.561. The molecule has 0 spiro atoms. The quantitative estimate of drug-likeness (QED) is 0.836. The highest BCUT2D eigenvalue weighted by molar-refractivity contribution is 7.86. The number of piperidine rings is 1. The minimum Gasteiger partial charge on any atom is -0.444 e. The zero-order valence-electron chi connectivity index (χ0n) is 12.8. The van der Waals surface area contributed by atoms with Gasteiger partial charge in [0.1, 0.15) is 5.60 Å². The molecular weight excluding hydrogens is 282 g/mol. The van der Waals surface area contributed by atoms with Crippen molar-refractivity contribution >= 4 is 16.3 Å². The molecule has 8 heteroatoms. The molecule has 20 heavy (non-hydrogen) atoms. The fraction of sp³-hybridized carbons (Fsp3) is 0.917. The highest BCUT2D eigenvalue weighted by Gasteiger charge is 2.31. The van der Waals surface area contributed by atoms with Crippen molar-refractivity contribution in [2.45, 2.75) is 45.3 Å². The highest BCUT2D eigenvalue weighted by atomic mass is 32.2. The number of nitrogens with one attached hydrogen (secondary N) is 1. The maximum absolute atomic E-state index is 12.1. The number of carbonyl (C=O) groups is 1. The van der Waals surface area contributed by atoms with Crippen LogP contribution in [-0.2, 0) is 14.9 Å². The van der Waals surface area contributed by atoms with Crippen LogP contribution in [0, 0.1) is 0 Å². The normalized spacial score (nSPS) is 21.8. The molecule has 0 aromatic carbocycles. The summed E-state index contributed by atoms with van der Waals surface area (Å²) in [7, 11) is -0.429. The van der Waals surface area contributed by atoms with Crippen LogP contribution in [0.4, 0.5) is 4.79 Å². The summed E-state index contributed by atoms with van der Waals surface area (Å²) in [6, 6.07) is -0.215. The molecule has 0 radical (unpaired) electrons. The van der Waals surface area contributed by atoms with Crippen molar-refractivity contribution in [2.75, 3.05) is 27.2 Å². The van der Waals surface area contributed by atoms with Crippen LogP contribution in [0.25, 0.3) is 0 Å². The van der Waals surface area contributed by atoms with E-state index in [2.05, 4.69) is 5.32 Å². The first-order chi connectivity index (χ1) is 9.02. The third kappa shape index (κ3) is 4.92. The highest BCUT2D eigenvalue weighted by Crippen LogP contribution is 2.16. The van der Waals surface area contributed by atoms with E-state index in [-0.39, 0.29) is 12.6 Å². The number of alkyl carbamates (subject to hydrolysis) is 1. The summed E-state index contributed by atoms with van der Waals surface area (Å²) in [6.07, 6.45) is 0.957. The Hall–Kier alpha value is -0.860. The molecule has 1 N–H and O–H groups in total. The van der Waals surface area contributed by atoms with E-state index in [1.807, 2.05) is 0 Å².